The van der Waals surface area contributed by atoms with Crippen molar-refractivity contribution in [2.24, 2.45) is 0 Å². The topological polar surface area (TPSA) is 161 Å². The number of rotatable bonds is 7. The molecule has 1 atom stereocenters. The molecule has 1 unspecified atom stereocenters. The van der Waals surface area contributed by atoms with Crippen LogP contribution in [0.3, 0.4) is 0 Å². The largest absolute Gasteiger partial charge is 0.744 e. The van der Waals surface area contributed by atoms with Crippen LogP contribution in [0.4, 0.5) is 24.8 Å². The van der Waals surface area contributed by atoms with Crippen LogP contribution >= 0.6 is 0 Å². The van der Waals surface area contributed by atoms with E-state index in [2.05, 4.69) is 16.3 Å². The van der Waals surface area contributed by atoms with Gasteiger partial charge in [0.25, 0.3) is 0 Å². The van der Waals surface area contributed by atoms with Gasteiger partial charge < -0.3 is 13.8 Å². The van der Waals surface area contributed by atoms with E-state index in [0.717, 1.165) is 17.7 Å². The van der Waals surface area contributed by atoms with Gasteiger partial charge in [-0.15, -0.1) is 5.10 Å². The molecule has 5 rings (SSSR count). The lowest BCUT2D eigenvalue weighted by Crippen LogP contribution is -2.39. The molecule has 3 aromatic carbocycles. The number of nitrogens with one attached hydrogen (secondary N) is 1. The highest BCUT2D eigenvalue weighted by molar-refractivity contribution is 7.85. The van der Waals surface area contributed by atoms with E-state index in [-0.39, 0.29) is 27.8 Å². The summed E-state index contributed by atoms with van der Waals surface area (Å²) >= 11 is 0. The number of methoxy groups -OCH3 is 1. The number of carbonyl (C=O) groups is 1. The number of benzene rings is 3. The van der Waals surface area contributed by atoms with Crippen LogP contribution in [0.5, 0.6) is 0 Å². The van der Waals surface area contributed by atoms with Gasteiger partial charge in [0.15, 0.2) is 0 Å². The summed E-state index contributed by atoms with van der Waals surface area (Å²) in [5, 5.41) is 16.0. The predicted octanol–water partition coefficient (Wildman–Crippen LogP) is 4.49. The number of alkyl halides is 3. The second kappa shape index (κ2) is 14.1. The van der Waals surface area contributed by atoms with E-state index in [9.17, 15) is 41.0 Å². The van der Waals surface area contributed by atoms with Gasteiger partial charge in [-0.2, -0.15) is 18.4 Å². The van der Waals surface area contributed by atoms with Crippen LogP contribution in [0, 0.1) is 11.3 Å². The van der Waals surface area contributed by atoms with Crippen molar-refractivity contribution in [3.63, 3.8) is 0 Å². The number of anilines is 2. The van der Waals surface area contributed by atoms with Crippen LogP contribution in [0.2, 0.25) is 0 Å². The molecule has 2 heterocycles. The van der Waals surface area contributed by atoms with Gasteiger partial charge in [-0.05, 0) is 60.5 Å². The maximum Gasteiger partial charge on any atom is 0.416 e. The van der Waals surface area contributed by atoms with E-state index in [0.29, 0.717) is 28.6 Å². The Balaban J connectivity index is 0.000000463. The van der Waals surface area contributed by atoms with E-state index >= 15 is 0 Å². The molecule has 0 saturated carbocycles. The molecule has 4 aromatic rings. The third-order valence-corrected chi connectivity index (χ3v) is 8.48. The molecule has 1 aliphatic rings. The lowest BCUT2D eigenvalue weighted by Gasteiger charge is -2.36. The Morgan fingerprint density at radius 3 is 2.31 bits per heavy atom. The fourth-order valence-corrected chi connectivity index (χ4v) is 5.77. The zero-order valence-corrected chi connectivity index (χ0v) is 28.0. The number of nitriles is 1. The number of nitrogens with zero attached hydrogens (tertiary/aromatic N) is 5. The molecular weight excluding hydrogens is 665 g/mol. The molecule has 1 N–H and O–H groups in total. The Morgan fingerprint density at radius 2 is 1.76 bits per heavy atom. The summed E-state index contributed by atoms with van der Waals surface area (Å²) in [6, 6.07) is 17.9. The van der Waals surface area contributed by atoms with E-state index in [1.54, 1.807) is 31.2 Å². The second-order valence-electron chi connectivity index (χ2n) is 12.0. The highest BCUT2D eigenvalue weighted by Gasteiger charge is 2.41. The highest BCUT2D eigenvalue weighted by Crippen LogP contribution is 2.43. The molecule has 0 spiro atoms. The van der Waals surface area contributed by atoms with Crippen LogP contribution in [-0.4, -0.2) is 73.0 Å². The molecule has 49 heavy (non-hydrogen) atoms. The van der Waals surface area contributed by atoms with Crippen LogP contribution in [0.15, 0.2) is 93.8 Å². The van der Waals surface area contributed by atoms with Gasteiger partial charge >= 0.3 is 17.8 Å². The Hall–Kier alpha value is -5.24. The van der Waals surface area contributed by atoms with Crippen molar-refractivity contribution >= 4 is 27.7 Å². The standard InChI is InChI=1S/C27H27F3N6O3.C6H6O3S/c1-16-22(24(37)39-5)23(21-10-9-17(15-31)13-18(21)11-12-36(2,3)4)35-25(32-33-26(35)38)34(16)20-8-6-7-19(14-20)27(28,29)30;7-10(8,9)6-4-2-1-3-5-6/h6-10,13-14,23H,11-12H2,1-5H3;1-5H,(H,7,8,9). The average molecular weight is 699 g/mol. The van der Waals surface area contributed by atoms with E-state index < -0.39 is 39.6 Å². The highest BCUT2D eigenvalue weighted by atomic mass is 32.2. The molecule has 0 radical (unpaired) electrons. The number of allylic oxidation sites excluding steroid dienone is 1. The van der Waals surface area contributed by atoms with Gasteiger partial charge in [0, 0.05) is 17.8 Å². The summed E-state index contributed by atoms with van der Waals surface area (Å²) in [5.74, 6) is -0.744. The summed E-state index contributed by atoms with van der Waals surface area (Å²) in [6.45, 7) is 2.26. The first kappa shape index (κ1) is 36.6. The molecule has 12 nitrogen and oxygen atoms in total. The quantitative estimate of drug-likeness (QED) is 0.167. The number of aromatic nitrogens is 3. The van der Waals surface area contributed by atoms with Crippen LogP contribution in [0.25, 0.3) is 0 Å². The number of halogens is 3. The fraction of sp³-hybridized carbons (Fsp3) is 0.273. The van der Waals surface area contributed by atoms with Crippen LogP contribution < -0.4 is 10.6 Å². The summed E-state index contributed by atoms with van der Waals surface area (Å²) in [6.07, 6.45) is -4.08. The average Bonchev–Trinajstić information content (AvgIpc) is 3.42. The van der Waals surface area contributed by atoms with Crippen molar-refractivity contribution in [3.05, 3.63) is 117 Å². The predicted molar refractivity (Wildman–Crippen MR) is 171 cm³/mol. The molecule has 1 aliphatic heterocycles. The smallest absolute Gasteiger partial charge is 0.416 e. The van der Waals surface area contributed by atoms with E-state index in [1.165, 1.54) is 53.0 Å². The monoisotopic (exact) mass is 698 g/mol. The number of carbonyl (C=O) groups excluding carboxylic acids is 1. The molecule has 16 heteroatoms. The molecule has 0 fully saturated rings. The number of hydrogen-bond acceptors (Lipinski definition) is 9. The number of fused-ring (bicyclic) bond motifs is 1. The first-order chi connectivity index (χ1) is 22.9. The number of esters is 1. The fourth-order valence-electron chi connectivity index (χ4n) is 5.28. The van der Waals surface area contributed by atoms with Gasteiger partial charge in [0.1, 0.15) is 16.2 Å². The van der Waals surface area contributed by atoms with Gasteiger partial charge in [0.2, 0.25) is 5.95 Å². The SMILES string of the molecule is COC(=O)C1=C(C)N(c2cccc(C(F)(F)F)c2)c2n[nH]c(=O)n2C1c1ccc(C#N)cc1CC[N+](C)(C)C.O=S(=O)([O-])c1ccccc1. The summed E-state index contributed by atoms with van der Waals surface area (Å²) in [5.41, 5.74) is 0.547. The zero-order chi connectivity index (χ0) is 36.3. The normalized spacial score (nSPS) is 14.8. The minimum absolute atomic E-state index is 0.0105. The minimum Gasteiger partial charge on any atom is -0.744 e. The summed E-state index contributed by atoms with van der Waals surface area (Å²) in [7, 11) is 2.99. The molecule has 0 aliphatic carbocycles. The van der Waals surface area contributed by atoms with Gasteiger partial charge in [0.05, 0.1) is 62.5 Å². The zero-order valence-electron chi connectivity index (χ0n) is 27.1. The lowest BCUT2D eigenvalue weighted by atomic mass is 9.89. The molecule has 0 bridgehead atoms. The van der Waals surface area contributed by atoms with Crippen molar-refractivity contribution in [3.8, 4) is 6.07 Å². The number of H-pyrrole nitrogens is 1. The number of hydrogen-bond donors (Lipinski definition) is 1. The minimum atomic E-state index is -4.61. The van der Waals surface area contributed by atoms with Crippen molar-refractivity contribution in [1.82, 2.24) is 14.8 Å². The van der Waals surface area contributed by atoms with Crippen LogP contribution in [-0.2, 0) is 32.2 Å². The van der Waals surface area contributed by atoms with Crippen molar-refractivity contribution in [1.29, 1.82) is 5.26 Å². The number of aromatic amines is 1. The van der Waals surface area contributed by atoms with Crippen molar-refractivity contribution < 1.29 is 40.2 Å². The molecular formula is C33H33F3N6O6S. The Morgan fingerprint density at radius 1 is 1.08 bits per heavy atom. The number of quaternary nitrogens is 1. The molecule has 0 amide bonds. The van der Waals surface area contributed by atoms with Crippen molar-refractivity contribution in [2.45, 2.75) is 30.5 Å². The van der Waals surface area contributed by atoms with Crippen molar-refractivity contribution in [2.75, 3.05) is 39.7 Å². The molecule has 0 saturated heterocycles. The summed E-state index contributed by atoms with van der Waals surface area (Å²) < 4.78 is 78.4. The molecule has 1 aromatic heterocycles. The number of ether oxygens (including phenoxy) is 1. The first-order valence-corrected chi connectivity index (χ1v) is 16.1. The Bertz CT molecular complexity index is 2100. The lowest BCUT2D eigenvalue weighted by molar-refractivity contribution is -0.870. The van der Waals surface area contributed by atoms with E-state index in [4.69, 9.17) is 4.74 Å². The van der Waals surface area contributed by atoms with Gasteiger partial charge in [-0.3, -0.25) is 4.90 Å². The molecule has 258 valence electrons. The Kier molecular flexibility index (Phi) is 10.5. The maximum absolute atomic E-state index is 13.5. The van der Waals surface area contributed by atoms with E-state index in [1.807, 2.05) is 21.1 Å². The second-order valence-corrected chi connectivity index (χ2v) is 13.4. The van der Waals surface area contributed by atoms with Gasteiger partial charge in [-0.25, -0.2) is 27.7 Å². The Labute approximate surface area is 280 Å². The maximum atomic E-state index is 13.5. The third-order valence-electron chi connectivity index (χ3n) is 7.63. The first-order valence-electron chi connectivity index (χ1n) is 14.6. The van der Waals surface area contributed by atoms with Crippen LogP contribution in [0.1, 0.15) is 35.2 Å². The third kappa shape index (κ3) is 8.26. The van der Waals surface area contributed by atoms with Gasteiger partial charge in [-0.1, -0.05) is 30.3 Å². The summed E-state index contributed by atoms with van der Waals surface area (Å²) in [4.78, 5) is 27.6. The number of likely N-dealkylation sites (N-methyl/N-ethyl adjacent to an activating group) is 1.